The van der Waals surface area contributed by atoms with Crippen molar-refractivity contribution in [2.24, 2.45) is 0 Å². The van der Waals surface area contributed by atoms with Crippen molar-refractivity contribution in [3.8, 4) is 0 Å². The molecular weight excluding hydrogens is 272 g/mol. The van der Waals surface area contributed by atoms with Gasteiger partial charge in [-0.3, -0.25) is 4.90 Å². The lowest BCUT2D eigenvalue weighted by Gasteiger charge is -2.26. The van der Waals surface area contributed by atoms with Crippen molar-refractivity contribution in [1.29, 1.82) is 0 Å². The van der Waals surface area contributed by atoms with Crippen molar-refractivity contribution in [3.63, 3.8) is 0 Å². The number of para-hydroxylation sites is 1. The van der Waals surface area contributed by atoms with Crippen molar-refractivity contribution in [2.75, 3.05) is 31.6 Å². The lowest BCUT2D eigenvalue weighted by molar-refractivity contribution is 0.0342. The highest BCUT2D eigenvalue weighted by atomic mass is 16.5. The number of benzene rings is 2. The Hall–Kier alpha value is -2.10. The summed E-state index contributed by atoms with van der Waals surface area (Å²) in [6.07, 6.45) is 4.39. The molecule has 2 aromatic carbocycles. The summed E-state index contributed by atoms with van der Waals surface area (Å²) in [5, 5.41) is 3.54. The van der Waals surface area contributed by atoms with Crippen LogP contribution in [0.2, 0.25) is 0 Å². The minimum Gasteiger partial charge on any atom is -0.379 e. The van der Waals surface area contributed by atoms with Crippen LogP contribution in [0.25, 0.3) is 12.2 Å². The van der Waals surface area contributed by atoms with Crippen LogP contribution in [0.5, 0.6) is 0 Å². The first-order valence-electron chi connectivity index (χ1n) is 7.86. The van der Waals surface area contributed by atoms with Crippen molar-refractivity contribution in [1.82, 2.24) is 4.90 Å². The van der Waals surface area contributed by atoms with Crippen LogP contribution in [0, 0.1) is 0 Å². The zero-order valence-corrected chi connectivity index (χ0v) is 12.6. The van der Waals surface area contributed by atoms with E-state index in [2.05, 4.69) is 64.8 Å². The molecule has 3 heteroatoms. The Bertz CT molecular complexity index is 702. The fourth-order valence-electron chi connectivity index (χ4n) is 3.06. The molecule has 112 valence electrons. The third kappa shape index (κ3) is 2.78. The van der Waals surface area contributed by atoms with E-state index in [1.165, 1.54) is 28.1 Å². The van der Waals surface area contributed by atoms with Gasteiger partial charge in [0.15, 0.2) is 0 Å². The first-order chi connectivity index (χ1) is 10.9. The highest BCUT2D eigenvalue weighted by molar-refractivity contribution is 5.87. The Morgan fingerprint density at radius 2 is 1.68 bits per heavy atom. The van der Waals surface area contributed by atoms with Gasteiger partial charge in [0.1, 0.15) is 0 Å². The number of ether oxygens (including phenoxy) is 1. The number of hydrogen-bond donors (Lipinski definition) is 1. The molecule has 0 bridgehead atoms. The third-order valence-electron chi connectivity index (χ3n) is 4.30. The molecule has 3 nitrogen and oxygen atoms in total. The van der Waals surface area contributed by atoms with Gasteiger partial charge in [0, 0.05) is 31.0 Å². The van der Waals surface area contributed by atoms with Gasteiger partial charge in [-0.1, -0.05) is 36.4 Å². The molecule has 1 N–H and O–H groups in total. The Morgan fingerprint density at radius 3 is 2.59 bits per heavy atom. The first-order valence-corrected chi connectivity index (χ1v) is 7.86. The van der Waals surface area contributed by atoms with E-state index >= 15 is 0 Å². The molecule has 2 aromatic rings. The minimum absolute atomic E-state index is 0.849. The van der Waals surface area contributed by atoms with Crippen LogP contribution in [0.4, 0.5) is 11.4 Å². The van der Waals surface area contributed by atoms with Crippen LogP contribution in [0.3, 0.4) is 0 Å². The Kier molecular flexibility index (Phi) is 3.67. The lowest BCUT2D eigenvalue weighted by atomic mass is 10.1. The van der Waals surface area contributed by atoms with Crippen molar-refractivity contribution in [3.05, 3.63) is 59.2 Å². The number of morpholine rings is 1. The normalized spacial score (nSPS) is 17.3. The summed E-state index contributed by atoms with van der Waals surface area (Å²) in [6, 6.07) is 15.1. The molecule has 1 saturated heterocycles. The number of anilines is 2. The van der Waals surface area contributed by atoms with E-state index in [9.17, 15) is 0 Å². The maximum atomic E-state index is 5.42. The summed E-state index contributed by atoms with van der Waals surface area (Å²) in [6.45, 7) is 4.74. The summed E-state index contributed by atoms with van der Waals surface area (Å²) >= 11 is 0. The predicted molar refractivity (Wildman–Crippen MR) is 91.2 cm³/mol. The number of nitrogens with zero attached hydrogens (tertiary/aromatic N) is 1. The molecule has 0 radical (unpaired) electrons. The van der Waals surface area contributed by atoms with Crippen molar-refractivity contribution < 1.29 is 4.74 Å². The van der Waals surface area contributed by atoms with Crippen LogP contribution >= 0.6 is 0 Å². The molecular formula is C19H20N2O. The largest absolute Gasteiger partial charge is 0.379 e. The maximum Gasteiger partial charge on any atom is 0.0594 e. The van der Waals surface area contributed by atoms with E-state index in [4.69, 9.17) is 4.74 Å². The van der Waals surface area contributed by atoms with Gasteiger partial charge < -0.3 is 10.1 Å². The van der Waals surface area contributed by atoms with E-state index in [1.54, 1.807) is 0 Å². The molecule has 2 aliphatic rings. The Labute approximate surface area is 131 Å². The predicted octanol–water partition coefficient (Wildman–Crippen LogP) is 3.75. The summed E-state index contributed by atoms with van der Waals surface area (Å²) in [7, 11) is 0. The average molecular weight is 292 g/mol. The minimum atomic E-state index is 0.849. The summed E-state index contributed by atoms with van der Waals surface area (Å²) < 4.78 is 5.42. The van der Waals surface area contributed by atoms with E-state index in [0.29, 0.717) is 0 Å². The standard InChI is InChI=1S/C19H20N2O/c1-2-4-18-16(3-1)6-7-17-13-15(5-8-19(17)20-18)14-21-9-11-22-12-10-21/h1-8,13,20H,9-12,14H2. The number of nitrogens with one attached hydrogen (secondary N) is 1. The van der Waals surface area contributed by atoms with Gasteiger partial charge in [0.2, 0.25) is 0 Å². The average Bonchev–Trinajstić information content (AvgIpc) is 2.75. The van der Waals surface area contributed by atoms with E-state index in [-0.39, 0.29) is 0 Å². The molecule has 0 unspecified atom stereocenters. The van der Waals surface area contributed by atoms with Gasteiger partial charge in [-0.05, 0) is 34.9 Å². The zero-order chi connectivity index (χ0) is 14.8. The van der Waals surface area contributed by atoms with Crippen molar-refractivity contribution in [2.45, 2.75) is 6.54 Å². The second-order valence-electron chi connectivity index (χ2n) is 5.86. The fraction of sp³-hybridized carbons (Fsp3) is 0.263. The van der Waals surface area contributed by atoms with Gasteiger partial charge >= 0.3 is 0 Å². The monoisotopic (exact) mass is 292 g/mol. The third-order valence-corrected chi connectivity index (χ3v) is 4.30. The Morgan fingerprint density at radius 1 is 0.909 bits per heavy atom. The summed E-state index contributed by atoms with van der Waals surface area (Å²) in [5.41, 5.74) is 6.18. The lowest BCUT2D eigenvalue weighted by Crippen LogP contribution is -2.35. The van der Waals surface area contributed by atoms with Crippen LogP contribution in [0.1, 0.15) is 16.7 Å². The quantitative estimate of drug-likeness (QED) is 0.778. The summed E-state index contributed by atoms with van der Waals surface area (Å²) in [4.78, 5) is 2.45. The summed E-state index contributed by atoms with van der Waals surface area (Å²) in [5.74, 6) is 0. The smallest absolute Gasteiger partial charge is 0.0594 e. The Balaban J connectivity index is 1.59. The van der Waals surface area contributed by atoms with Gasteiger partial charge in [0.25, 0.3) is 0 Å². The second-order valence-corrected chi connectivity index (χ2v) is 5.86. The molecule has 2 heterocycles. The molecule has 4 rings (SSSR count). The number of rotatable bonds is 2. The van der Waals surface area contributed by atoms with Gasteiger partial charge in [0.05, 0.1) is 13.2 Å². The molecule has 0 atom stereocenters. The number of fused-ring (bicyclic) bond motifs is 2. The molecule has 0 amide bonds. The van der Waals surface area contributed by atoms with Gasteiger partial charge in [-0.25, -0.2) is 0 Å². The van der Waals surface area contributed by atoms with E-state index < -0.39 is 0 Å². The molecule has 0 aliphatic carbocycles. The van der Waals surface area contributed by atoms with Crippen LogP contribution in [0.15, 0.2) is 42.5 Å². The zero-order valence-electron chi connectivity index (χ0n) is 12.6. The van der Waals surface area contributed by atoms with E-state index in [0.717, 1.165) is 32.8 Å². The topological polar surface area (TPSA) is 24.5 Å². The van der Waals surface area contributed by atoms with Crippen molar-refractivity contribution >= 4 is 23.5 Å². The highest BCUT2D eigenvalue weighted by Crippen LogP contribution is 2.30. The molecule has 0 aromatic heterocycles. The molecule has 0 spiro atoms. The van der Waals surface area contributed by atoms with Crippen LogP contribution < -0.4 is 5.32 Å². The molecule has 1 fully saturated rings. The van der Waals surface area contributed by atoms with Gasteiger partial charge in [-0.15, -0.1) is 0 Å². The van der Waals surface area contributed by atoms with Crippen LogP contribution in [-0.2, 0) is 11.3 Å². The maximum absolute atomic E-state index is 5.42. The van der Waals surface area contributed by atoms with Crippen LogP contribution in [-0.4, -0.2) is 31.2 Å². The number of hydrogen-bond acceptors (Lipinski definition) is 3. The highest BCUT2D eigenvalue weighted by Gasteiger charge is 2.13. The molecule has 22 heavy (non-hydrogen) atoms. The fourth-order valence-corrected chi connectivity index (χ4v) is 3.06. The van der Waals surface area contributed by atoms with E-state index in [1.807, 2.05) is 0 Å². The molecule has 2 aliphatic heterocycles. The first kappa shape index (κ1) is 13.6. The second kappa shape index (κ2) is 5.95. The molecule has 0 saturated carbocycles. The van der Waals surface area contributed by atoms with Gasteiger partial charge in [-0.2, -0.15) is 0 Å². The SMILES string of the molecule is C1=Cc2cc(CN3CCOCC3)ccc2Nc2ccccc21.